The number of halogens is 2. The van der Waals surface area contributed by atoms with Gasteiger partial charge in [-0.15, -0.1) is 0 Å². The van der Waals surface area contributed by atoms with E-state index in [9.17, 15) is 23.5 Å². The number of carbonyl (C=O) groups excluding carboxylic acids is 2. The maximum atomic E-state index is 13.1. The summed E-state index contributed by atoms with van der Waals surface area (Å²) in [6, 6.07) is 9.84. The number of hydrogen-bond donors (Lipinski definition) is 2. The largest absolute Gasteiger partial charge is 0.455 e. The quantitative estimate of drug-likeness (QED) is 0.340. The summed E-state index contributed by atoms with van der Waals surface area (Å²) >= 11 is 0. The lowest BCUT2D eigenvalue weighted by atomic mass is 9.73. The SMILES string of the molecule is Cc1cc(Nc2cc(C(F)F)ccn2)nc(-c2ccc(C(C)(O)[C@H]3CC[C@H](C(=O)OCC(=O)N(C)C)CC3)nc2)c1. The molecule has 1 atom stereocenters. The molecular weight excluding hydrogens is 532 g/mol. The molecule has 3 heterocycles. The van der Waals surface area contributed by atoms with Gasteiger partial charge in [-0.05, 0) is 87.4 Å². The van der Waals surface area contributed by atoms with Gasteiger partial charge in [0.1, 0.15) is 17.2 Å². The average molecular weight is 568 g/mol. The van der Waals surface area contributed by atoms with Crippen LogP contribution in [0.3, 0.4) is 0 Å². The van der Waals surface area contributed by atoms with Crippen LogP contribution in [-0.2, 0) is 19.9 Å². The number of pyridine rings is 3. The topological polar surface area (TPSA) is 118 Å². The minimum Gasteiger partial charge on any atom is -0.455 e. The van der Waals surface area contributed by atoms with Gasteiger partial charge in [0.2, 0.25) is 0 Å². The fourth-order valence-corrected chi connectivity index (χ4v) is 4.99. The fraction of sp³-hybridized carbons (Fsp3) is 0.433. The molecule has 0 radical (unpaired) electrons. The standard InChI is InChI=1S/C30H35F2N5O4/c1-18-13-23(35-26(14-18)36-25-15-20(28(31)32)11-12-33-25)21-7-10-24(34-16-21)30(2,40)22-8-5-19(6-9-22)29(39)41-17-27(38)37(3)4/h7,10-16,19,22,28,40H,5-6,8-9,17H2,1-4H3,(H,33,35,36)/t19-,22-,30?. The van der Waals surface area contributed by atoms with Gasteiger partial charge in [0, 0.05) is 37.6 Å². The number of aliphatic hydroxyl groups is 1. The van der Waals surface area contributed by atoms with Gasteiger partial charge in [0.25, 0.3) is 12.3 Å². The average Bonchev–Trinajstić information content (AvgIpc) is 2.95. The predicted molar refractivity (Wildman–Crippen MR) is 149 cm³/mol. The van der Waals surface area contributed by atoms with E-state index >= 15 is 0 Å². The Hall–Kier alpha value is -3.99. The van der Waals surface area contributed by atoms with Gasteiger partial charge in [0.15, 0.2) is 6.61 Å². The van der Waals surface area contributed by atoms with E-state index in [2.05, 4.69) is 20.3 Å². The zero-order valence-corrected chi connectivity index (χ0v) is 23.6. The van der Waals surface area contributed by atoms with Crippen LogP contribution in [0.4, 0.5) is 20.4 Å². The monoisotopic (exact) mass is 567 g/mol. The molecule has 3 aromatic rings. The van der Waals surface area contributed by atoms with Gasteiger partial charge in [-0.2, -0.15) is 0 Å². The maximum Gasteiger partial charge on any atom is 0.309 e. The van der Waals surface area contributed by atoms with Gasteiger partial charge < -0.3 is 20.1 Å². The number of rotatable bonds is 9. The zero-order valence-electron chi connectivity index (χ0n) is 23.6. The predicted octanol–water partition coefficient (Wildman–Crippen LogP) is 5.17. The van der Waals surface area contributed by atoms with Gasteiger partial charge in [-0.3, -0.25) is 14.6 Å². The third-order valence-corrected chi connectivity index (χ3v) is 7.53. The van der Waals surface area contributed by atoms with E-state index in [1.54, 1.807) is 39.3 Å². The Bertz CT molecular complexity index is 1370. The first-order valence-electron chi connectivity index (χ1n) is 13.5. The van der Waals surface area contributed by atoms with Crippen LogP contribution in [-0.4, -0.2) is 57.5 Å². The molecule has 1 aliphatic rings. The first-order chi connectivity index (χ1) is 19.4. The number of ether oxygens (including phenoxy) is 1. The van der Waals surface area contributed by atoms with Crippen LogP contribution >= 0.6 is 0 Å². The summed E-state index contributed by atoms with van der Waals surface area (Å²) in [5.41, 5.74) is 1.44. The molecule has 0 aliphatic heterocycles. The maximum absolute atomic E-state index is 13.1. The van der Waals surface area contributed by atoms with E-state index in [1.807, 2.05) is 19.1 Å². The van der Waals surface area contributed by atoms with E-state index in [-0.39, 0.29) is 41.7 Å². The second kappa shape index (κ2) is 12.7. The molecule has 1 saturated carbocycles. The van der Waals surface area contributed by atoms with Crippen molar-refractivity contribution in [2.24, 2.45) is 11.8 Å². The summed E-state index contributed by atoms with van der Waals surface area (Å²) in [7, 11) is 3.21. The summed E-state index contributed by atoms with van der Waals surface area (Å²) in [5, 5.41) is 14.4. The summed E-state index contributed by atoms with van der Waals surface area (Å²) in [6.45, 7) is 3.37. The Morgan fingerprint density at radius 2 is 1.83 bits per heavy atom. The highest BCUT2D eigenvalue weighted by Gasteiger charge is 2.39. The van der Waals surface area contributed by atoms with E-state index in [4.69, 9.17) is 4.74 Å². The van der Waals surface area contributed by atoms with E-state index in [0.29, 0.717) is 42.9 Å². The van der Waals surface area contributed by atoms with Crippen molar-refractivity contribution >= 4 is 23.5 Å². The lowest BCUT2D eigenvalue weighted by molar-refractivity contribution is -0.156. The van der Waals surface area contributed by atoms with Gasteiger partial charge in [-0.1, -0.05) is 0 Å². The fourth-order valence-electron chi connectivity index (χ4n) is 4.99. The molecule has 11 heteroatoms. The number of nitrogens with one attached hydrogen (secondary N) is 1. The normalized spacial score (nSPS) is 18.4. The number of alkyl halides is 2. The molecule has 3 aromatic heterocycles. The van der Waals surface area contributed by atoms with Crippen molar-refractivity contribution < 1.29 is 28.2 Å². The first-order valence-corrected chi connectivity index (χ1v) is 13.5. The van der Waals surface area contributed by atoms with Crippen LogP contribution < -0.4 is 5.32 Å². The summed E-state index contributed by atoms with van der Waals surface area (Å²) < 4.78 is 31.3. The molecule has 4 rings (SSSR count). The van der Waals surface area contributed by atoms with Crippen molar-refractivity contribution in [1.29, 1.82) is 0 Å². The third-order valence-electron chi connectivity index (χ3n) is 7.53. The Kier molecular flexibility index (Phi) is 9.27. The second-order valence-corrected chi connectivity index (χ2v) is 10.8. The molecule has 0 spiro atoms. The lowest BCUT2D eigenvalue weighted by Crippen LogP contribution is -2.37. The van der Waals surface area contributed by atoms with Crippen molar-refractivity contribution in [3.05, 3.63) is 65.6 Å². The smallest absolute Gasteiger partial charge is 0.309 e. The van der Waals surface area contributed by atoms with Crippen molar-refractivity contribution in [2.45, 2.75) is 51.6 Å². The summed E-state index contributed by atoms with van der Waals surface area (Å²) in [6.07, 6.45) is 2.73. The molecule has 1 unspecified atom stereocenters. The Morgan fingerprint density at radius 1 is 1.10 bits per heavy atom. The van der Waals surface area contributed by atoms with Gasteiger partial charge in [-0.25, -0.2) is 18.7 Å². The molecule has 1 aliphatic carbocycles. The van der Waals surface area contributed by atoms with Crippen molar-refractivity contribution in [3.8, 4) is 11.3 Å². The molecular formula is C30H35F2N5O4. The minimum atomic E-state index is -2.60. The van der Waals surface area contributed by atoms with Crippen LogP contribution in [0, 0.1) is 18.8 Å². The zero-order chi connectivity index (χ0) is 29.7. The van der Waals surface area contributed by atoms with Gasteiger partial charge in [0.05, 0.1) is 17.3 Å². The minimum absolute atomic E-state index is 0.0993. The van der Waals surface area contributed by atoms with E-state index in [0.717, 1.165) is 11.1 Å². The van der Waals surface area contributed by atoms with Gasteiger partial charge >= 0.3 is 5.97 Å². The highest BCUT2D eigenvalue weighted by molar-refractivity contribution is 5.81. The molecule has 0 saturated heterocycles. The van der Waals surface area contributed by atoms with Crippen molar-refractivity contribution in [3.63, 3.8) is 0 Å². The number of aryl methyl sites for hydroxylation is 1. The van der Waals surface area contributed by atoms with Crippen LogP contribution in [0.1, 0.15) is 55.9 Å². The summed E-state index contributed by atoms with van der Waals surface area (Å²) in [4.78, 5) is 38.7. The molecule has 2 N–H and O–H groups in total. The van der Waals surface area contributed by atoms with Crippen LogP contribution in [0.2, 0.25) is 0 Å². The number of likely N-dealkylation sites (N-methyl/N-ethyl adjacent to an activating group) is 1. The number of carbonyl (C=O) groups is 2. The molecule has 1 amide bonds. The number of esters is 1. The molecule has 0 bridgehead atoms. The Balaban J connectivity index is 1.41. The highest BCUT2D eigenvalue weighted by Crippen LogP contribution is 2.41. The molecule has 218 valence electrons. The van der Waals surface area contributed by atoms with E-state index in [1.165, 1.54) is 23.2 Å². The van der Waals surface area contributed by atoms with E-state index < -0.39 is 12.0 Å². The lowest BCUT2D eigenvalue weighted by Gasteiger charge is -2.37. The second-order valence-electron chi connectivity index (χ2n) is 10.8. The third kappa shape index (κ3) is 7.40. The van der Waals surface area contributed by atoms with Crippen LogP contribution in [0.5, 0.6) is 0 Å². The number of aromatic nitrogens is 3. The van der Waals surface area contributed by atoms with Crippen molar-refractivity contribution in [1.82, 2.24) is 19.9 Å². The first kappa shape index (κ1) is 30.0. The number of hydrogen-bond acceptors (Lipinski definition) is 8. The molecule has 41 heavy (non-hydrogen) atoms. The highest BCUT2D eigenvalue weighted by atomic mass is 19.3. The number of nitrogens with zero attached hydrogens (tertiary/aromatic N) is 4. The van der Waals surface area contributed by atoms with Crippen LogP contribution in [0.25, 0.3) is 11.3 Å². The van der Waals surface area contributed by atoms with Crippen molar-refractivity contribution in [2.75, 3.05) is 26.0 Å². The Morgan fingerprint density at radius 3 is 2.46 bits per heavy atom. The molecule has 9 nitrogen and oxygen atoms in total. The number of anilines is 2. The molecule has 1 fully saturated rings. The number of amides is 1. The van der Waals surface area contributed by atoms with Crippen LogP contribution in [0.15, 0.2) is 48.8 Å². The molecule has 0 aromatic carbocycles. The summed E-state index contributed by atoms with van der Waals surface area (Å²) in [5.74, 6) is -0.321. The Labute approximate surface area is 238 Å².